The monoisotopic (exact) mass is 568 g/mol. The fourth-order valence-corrected chi connectivity index (χ4v) is 7.74. The lowest BCUT2D eigenvalue weighted by molar-refractivity contribution is -0.946. The van der Waals surface area contributed by atoms with Gasteiger partial charge >= 0.3 is 5.97 Å². The van der Waals surface area contributed by atoms with Crippen LogP contribution >= 0.6 is 23.1 Å². The second-order valence-electron chi connectivity index (χ2n) is 10.0. The highest BCUT2D eigenvalue weighted by Gasteiger charge is 2.51. The molecule has 4 aliphatic heterocycles. The predicted octanol–water partition coefficient (Wildman–Crippen LogP) is 1.55. The number of piperidine rings is 3. The number of esters is 1. The lowest BCUT2D eigenvalue weighted by atomic mass is 9.82. The first-order valence-electron chi connectivity index (χ1n) is 12.2. The molecule has 2 atom stereocenters. The number of carbonyl (C=O) groups is 1. The number of quaternary nitrogens is 1. The van der Waals surface area contributed by atoms with Gasteiger partial charge in [0.25, 0.3) is 0 Å². The number of benzene rings is 1. The van der Waals surface area contributed by atoms with E-state index in [1.807, 2.05) is 23.9 Å². The summed E-state index contributed by atoms with van der Waals surface area (Å²) in [6.45, 7) is 8.04. The maximum Gasteiger partial charge on any atom is 0.332 e. The maximum absolute atomic E-state index is 13.8. The summed E-state index contributed by atoms with van der Waals surface area (Å²) in [7, 11) is 0. The van der Waals surface area contributed by atoms with E-state index < -0.39 is 5.54 Å². The van der Waals surface area contributed by atoms with Crippen LogP contribution in [-0.2, 0) is 21.5 Å². The number of nitrogens with zero attached hydrogens (tertiary/aromatic N) is 2. The molecule has 2 aromatic rings. The van der Waals surface area contributed by atoms with Gasteiger partial charge in [0.05, 0.1) is 19.6 Å². The molecule has 5 heterocycles. The Labute approximate surface area is 221 Å². The Morgan fingerprint density at radius 3 is 2.65 bits per heavy atom. The van der Waals surface area contributed by atoms with Crippen LogP contribution in [0.4, 0.5) is 4.39 Å². The summed E-state index contributed by atoms with van der Waals surface area (Å²) in [5.74, 6) is 2.33. The van der Waals surface area contributed by atoms with Gasteiger partial charge in [0.1, 0.15) is 12.4 Å². The van der Waals surface area contributed by atoms with E-state index in [9.17, 15) is 9.18 Å². The lowest BCUT2D eigenvalue weighted by Gasteiger charge is -2.52. The second-order valence-corrected chi connectivity index (χ2v) is 12.2. The Balaban J connectivity index is 0.00000274. The number of carbonyl (C=O) groups excluding carboxylic acids is 1. The molecule has 0 saturated carbocycles. The molecule has 4 saturated heterocycles. The summed E-state index contributed by atoms with van der Waals surface area (Å²) >= 11 is 3.61. The number of thiophene rings is 1. The molecule has 6 rings (SSSR count). The van der Waals surface area contributed by atoms with Gasteiger partial charge in [-0.05, 0) is 36.1 Å². The van der Waals surface area contributed by atoms with Crippen LogP contribution in [-0.4, -0.2) is 72.2 Å². The topological polar surface area (TPSA) is 29.5 Å². The van der Waals surface area contributed by atoms with Crippen molar-refractivity contribution in [3.63, 3.8) is 0 Å². The Morgan fingerprint density at radius 2 is 1.97 bits per heavy atom. The quantitative estimate of drug-likeness (QED) is 0.374. The van der Waals surface area contributed by atoms with Crippen LogP contribution in [0.2, 0.25) is 0 Å². The molecule has 8 heteroatoms. The Morgan fingerprint density at radius 1 is 1.21 bits per heavy atom. The first-order valence-corrected chi connectivity index (χ1v) is 14.2. The normalized spacial score (nSPS) is 28.6. The molecule has 0 amide bonds. The fraction of sp³-hybridized carbons (Fsp3) is 0.577. The number of halogens is 2. The summed E-state index contributed by atoms with van der Waals surface area (Å²) in [5, 5.41) is 2.06. The molecule has 0 spiro atoms. The van der Waals surface area contributed by atoms with Crippen LogP contribution in [0.15, 0.2) is 41.8 Å². The third kappa shape index (κ3) is 5.26. The van der Waals surface area contributed by atoms with Gasteiger partial charge in [-0.2, -0.15) is 11.8 Å². The zero-order valence-electron chi connectivity index (χ0n) is 19.8. The van der Waals surface area contributed by atoms with Crippen LogP contribution in [0.1, 0.15) is 30.2 Å². The Bertz CT molecular complexity index is 961. The van der Waals surface area contributed by atoms with Crippen molar-refractivity contribution in [2.75, 3.05) is 50.8 Å². The molecule has 4 fully saturated rings. The summed E-state index contributed by atoms with van der Waals surface area (Å²) in [5.41, 5.74) is 0.338. The van der Waals surface area contributed by atoms with Crippen molar-refractivity contribution in [2.24, 2.45) is 5.92 Å². The molecule has 1 aromatic carbocycles. The smallest absolute Gasteiger partial charge is 0.332 e. The van der Waals surface area contributed by atoms with Crippen LogP contribution in [0.3, 0.4) is 0 Å². The van der Waals surface area contributed by atoms with E-state index in [0.717, 1.165) is 85.0 Å². The van der Waals surface area contributed by atoms with Gasteiger partial charge < -0.3 is 26.2 Å². The van der Waals surface area contributed by atoms with E-state index in [4.69, 9.17) is 4.74 Å². The van der Waals surface area contributed by atoms with Crippen molar-refractivity contribution < 1.29 is 35.4 Å². The van der Waals surface area contributed by atoms with E-state index in [1.165, 1.54) is 6.07 Å². The highest BCUT2D eigenvalue weighted by Crippen LogP contribution is 2.39. The van der Waals surface area contributed by atoms with Crippen molar-refractivity contribution >= 4 is 29.1 Å². The van der Waals surface area contributed by atoms with E-state index in [1.54, 1.807) is 23.5 Å². The molecule has 0 N–H and O–H groups in total. The van der Waals surface area contributed by atoms with Gasteiger partial charge in [-0.3, -0.25) is 4.90 Å². The van der Waals surface area contributed by atoms with Crippen molar-refractivity contribution in [2.45, 2.75) is 37.8 Å². The molecule has 4 aliphatic rings. The van der Waals surface area contributed by atoms with Crippen molar-refractivity contribution in [3.05, 3.63) is 58.0 Å². The largest absolute Gasteiger partial charge is 1.00 e. The Hall–Kier alpha value is -0.930. The van der Waals surface area contributed by atoms with E-state index >= 15 is 0 Å². The predicted molar refractivity (Wildman–Crippen MR) is 133 cm³/mol. The van der Waals surface area contributed by atoms with Crippen LogP contribution < -0.4 is 17.0 Å². The SMILES string of the molecule is CC(C(=O)O[C@H]1C[N+]2(CCc3cccc(F)c3)CCC1CC2)(c1cccs1)N1CCSCC1.[Br-]. The number of fused-ring (bicyclic) bond motifs is 3. The van der Waals surface area contributed by atoms with Crippen molar-refractivity contribution in [1.82, 2.24) is 4.90 Å². The van der Waals surface area contributed by atoms with E-state index in [0.29, 0.717) is 5.92 Å². The average molecular weight is 570 g/mol. The lowest BCUT2D eigenvalue weighted by Crippen LogP contribution is -3.00. The number of rotatable bonds is 7. The number of hydrogen-bond donors (Lipinski definition) is 0. The number of hydrogen-bond acceptors (Lipinski definition) is 5. The van der Waals surface area contributed by atoms with Gasteiger partial charge in [-0.15, -0.1) is 11.3 Å². The molecule has 1 unspecified atom stereocenters. The molecule has 4 nitrogen and oxygen atoms in total. The molecule has 0 aliphatic carbocycles. The summed E-state index contributed by atoms with van der Waals surface area (Å²) in [6, 6.07) is 11.1. The Kier molecular flexibility index (Phi) is 8.45. The van der Waals surface area contributed by atoms with Gasteiger partial charge in [0.15, 0.2) is 11.6 Å². The highest BCUT2D eigenvalue weighted by atomic mass is 79.9. The molecular weight excluding hydrogens is 535 g/mol. The first kappa shape index (κ1) is 26.1. The van der Waals surface area contributed by atoms with E-state index in [2.05, 4.69) is 23.3 Å². The minimum atomic E-state index is -0.715. The molecular formula is C26H34BrFN2O2S2. The highest BCUT2D eigenvalue weighted by molar-refractivity contribution is 7.99. The molecule has 186 valence electrons. The van der Waals surface area contributed by atoms with Crippen LogP contribution in [0, 0.1) is 11.7 Å². The standard InChI is InChI=1S/C26H34FN2O2S2.BrH/c1-26(24-6-3-15-33-24,28-10-16-32-17-11-28)25(30)31-23-19-29(13-8-21(23)9-14-29)12-7-20-4-2-5-22(27)18-20;/h2-6,15,18,21,23H,7-14,16-17,19H2,1H3;1H/q+1;/p-1/t21?,23-,26?,29?;/m0./s1. The molecule has 1 aromatic heterocycles. The van der Waals surface area contributed by atoms with Crippen LogP contribution in [0.25, 0.3) is 0 Å². The van der Waals surface area contributed by atoms with Gasteiger partial charge in [-0.25, -0.2) is 9.18 Å². The summed E-state index contributed by atoms with van der Waals surface area (Å²) in [4.78, 5) is 17.2. The van der Waals surface area contributed by atoms with E-state index in [-0.39, 0.29) is 34.9 Å². The minimum Gasteiger partial charge on any atom is -1.00 e. The first-order chi connectivity index (χ1) is 16.0. The van der Waals surface area contributed by atoms with Gasteiger partial charge in [0.2, 0.25) is 0 Å². The van der Waals surface area contributed by atoms with Gasteiger partial charge in [0, 0.05) is 54.7 Å². The summed E-state index contributed by atoms with van der Waals surface area (Å²) in [6.07, 6.45) is 3.06. The summed E-state index contributed by atoms with van der Waals surface area (Å²) < 4.78 is 21.0. The fourth-order valence-electron chi connectivity index (χ4n) is 5.93. The third-order valence-electron chi connectivity index (χ3n) is 8.11. The number of ether oxygens (including phenoxy) is 1. The average Bonchev–Trinajstić information content (AvgIpc) is 3.39. The molecule has 34 heavy (non-hydrogen) atoms. The maximum atomic E-state index is 13.8. The molecule has 0 radical (unpaired) electrons. The third-order valence-corrected chi connectivity index (χ3v) is 10.1. The zero-order valence-corrected chi connectivity index (χ0v) is 23.0. The minimum absolute atomic E-state index is 0. The zero-order chi connectivity index (χ0) is 22.9. The number of thioether (sulfide) groups is 1. The van der Waals surface area contributed by atoms with Crippen molar-refractivity contribution in [1.29, 1.82) is 0 Å². The van der Waals surface area contributed by atoms with Crippen molar-refractivity contribution in [3.8, 4) is 0 Å². The van der Waals surface area contributed by atoms with Gasteiger partial charge in [-0.1, -0.05) is 18.2 Å². The molecule has 2 bridgehead atoms. The van der Waals surface area contributed by atoms with Crippen LogP contribution in [0.5, 0.6) is 0 Å². The second kappa shape index (κ2) is 11.0.